The summed E-state index contributed by atoms with van der Waals surface area (Å²) in [6, 6.07) is 5.61. The summed E-state index contributed by atoms with van der Waals surface area (Å²) in [5.74, 6) is 0.754. The van der Waals surface area contributed by atoms with Crippen molar-refractivity contribution in [1.82, 2.24) is 0 Å². The first-order valence-corrected chi connectivity index (χ1v) is 6.76. The number of halogens is 2. The number of hydrogen-bond acceptors (Lipinski definition) is 3. The lowest BCUT2D eigenvalue weighted by atomic mass is 10.1. The summed E-state index contributed by atoms with van der Waals surface area (Å²) in [6.45, 7) is 3.34. The molecular weight excluding hydrogens is 273 g/mol. The minimum Gasteiger partial charge on any atom is -0.465 e. The summed E-state index contributed by atoms with van der Waals surface area (Å²) >= 11 is 11.5. The SMILES string of the molecule is COC(=O)c1ccc(N(CCCl)CCCl)cc1C. The molecule has 5 heteroatoms. The zero-order valence-electron chi connectivity index (χ0n) is 10.6. The highest BCUT2D eigenvalue weighted by Gasteiger charge is 2.12. The Morgan fingerprint density at radius 1 is 1.28 bits per heavy atom. The zero-order chi connectivity index (χ0) is 13.5. The highest BCUT2D eigenvalue weighted by Crippen LogP contribution is 2.20. The zero-order valence-corrected chi connectivity index (χ0v) is 12.1. The Hall–Kier alpha value is -0.930. The number of anilines is 1. The number of aryl methyl sites for hydroxylation is 1. The number of methoxy groups -OCH3 is 1. The lowest BCUT2D eigenvalue weighted by molar-refractivity contribution is 0.0600. The van der Waals surface area contributed by atoms with E-state index in [9.17, 15) is 4.79 Å². The summed E-state index contributed by atoms with van der Waals surface area (Å²) < 4.78 is 4.72. The van der Waals surface area contributed by atoms with Gasteiger partial charge in [0, 0.05) is 30.5 Å². The van der Waals surface area contributed by atoms with Gasteiger partial charge in [0.2, 0.25) is 0 Å². The first kappa shape index (κ1) is 15.1. The van der Waals surface area contributed by atoms with Crippen molar-refractivity contribution in [3.8, 4) is 0 Å². The Kier molecular flexibility index (Phi) is 6.30. The molecule has 0 saturated carbocycles. The van der Waals surface area contributed by atoms with E-state index in [0.29, 0.717) is 17.3 Å². The predicted octanol–water partition coefficient (Wildman–Crippen LogP) is 3.07. The van der Waals surface area contributed by atoms with E-state index < -0.39 is 0 Å². The fourth-order valence-electron chi connectivity index (χ4n) is 1.76. The summed E-state index contributed by atoms with van der Waals surface area (Å²) in [5, 5.41) is 0. The molecule has 0 amide bonds. The van der Waals surface area contributed by atoms with Crippen LogP contribution in [0.5, 0.6) is 0 Å². The molecular formula is C13H17Cl2NO2. The Balaban J connectivity index is 2.97. The molecule has 100 valence electrons. The molecule has 0 bridgehead atoms. The Morgan fingerprint density at radius 2 is 1.89 bits per heavy atom. The number of esters is 1. The van der Waals surface area contributed by atoms with Crippen molar-refractivity contribution in [1.29, 1.82) is 0 Å². The van der Waals surface area contributed by atoms with E-state index in [2.05, 4.69) is 4.90 Å². The maximum absolute atomic E-state index is 11.5. The van der Waals surface area contributed by atoms with E-state index in [1.54, 1.807) is 6.07 Å². The third kappa shape index (κ3) is 3.79. The van der Waals surface area contributed by atoms with Crippen LogP contribution in [0.2, 0.25) is 0 Å². The van der Waals surface area contributed by atoms with Gasteiger partial charge in [0.05, 0.1) is 12.7 Å². The van der Waals surface area contributed by atoms with E-state index in [0.717, 1.165) is 24.3 Å². The van der Waals surface area contributed by atoms with Crippen LogP contribution in [0.15, 0.2) is 18.2 Å². The second-order valence-corrected chi connectivity index (χ2v) is 4.61. The quantitative estimate of drug-likeness (QED) is 0.595. The third-order valence-electron chi connectivity index (χ3n) is 2.69. The molecule has 0 heterocycles. The van der Waals surface area contributed by atoms with Gasteiger partial charge in [0.1, 0.15) is 0 Å². The lowest BCUT2D eigenvalue weighted by Crippen LogP contribution is -2.27. The summed E-state index contributed by atoms with van der Waals surface area (Å²) in [6.07, 6.45) is 0. The number of carbonyl (C=O) groups excluding carboxylic acids is 1. The molecule has 0 saturated heterocycles. The number of alkyl halides is 2. The summed E-state index contributed by atoms with van der Waals surface area (Å²) in [4.78, 5) is 13.6. The highest BCUT2D eigenvalue weighted by atomic mass is 35.5. The van der Waals surface area contributed by atoms with E-state index >= 15 is 0 Å². The molecule has 0 fully saturated rings. The van der Waals surface area contributed by atoms with Crippen molar-refractivity contribution in [3.05, 3.63) is 29.3 Å². The van der Waals surface area contributed by atoms with Gasteiger partial charge in [-0.2, -0.15) is 0 Å². The molecule has 0 atom stereocenters. The lowest BCUT2D eigenvalue weighted by Gasteiger charge is -2.23. The van der Waals surface area contributed by atoms with E-state index in [-0.39, 0.29) is 5.97 Å². The maximum atomic E-state index is 11.5. The van der Waals surface area contributed by atoms with Gasteiger partial charge in [-0.15, -0.1) is 23.2 Å². The van der Waals surface area contributed by atoms with Crippen LogP contribution in [0.1, 0.15) is 15.9 Å². The molecule has 0 radical (unpaired) electrons. The van der Waals surface area contributed by atoms with Crippen LogP contribution in [-0.2, 0) is 4.74 Å². The van der Waals surface area contributed by atoms with Gasteiger partial charge in [0.15, 0.2) is 0 Å². The van der Waals surface area contributed by atoms with Crippen LogP contribution in [0.3, 0.4) is 0 Å². The standard InChI is InChI=1S/C13H17Cl2NO2/c1-10-9-11(16(7-5-14)8-6-15)3-4-12(10)13(17)18-2/h3-4,9H,5-8H2,1-2H3. The van der Waals surface area contributed by atoms with Crippen molar-refractivity contribution >= 4 is 34.9 Å². The second-order valence-electron chi connectivity index (χ2n) is 3.86. The minimum atomic E-state index is -0.319. The summed E-state index contributed by atoms with van der Waals surface area (Å²) in [5.41, 5.74) is 2.48. The van der Waals surface area contributed by atoms with Crippen LogP contribution in [0.4, 0.5) is 5.69 Å². The van der Waals surface area contributed by atoms with Gasteiger partial charge in [-0.1, -0.05) is 0 Å². The number of hydrogen-bond donors (Lipinski definition) is 0. The first-order chi connectivity index (χ1) is 8.63. The van der Waals surface area contributed by atoms with E-state index in [1.807, 2.05) is 19.1 Å². The van der Waals surface area contributed by atoms with Crippen molar-refractivity contribution < 1.29 is 9.53 Å². The molecule has 18 heavy (non-hydrogen) atoms. The third-order valence-corrected chi connectivity index (χ3v) is 3.03. The fourth-order valence-corrected chi connectivity index (χ4v) is 2.17. The Labute approximate surface area is 118 Å². The number of carbonyl (C=O) groups is 1. The molecule has 0 aliphatic carbocycles. The Morgan fingerprint density at radius 3 is 2.33 bits per heavy atom. The normalized spacial score (nSPS) is 10.2. The largest absolute Gasteiger partial charge is 0.465 e. The predicted molar refractivity (Wildman–Crippen MR) is 76.2 cm³/mol. The van der Waals surface area contributed by atoms with Crippen LogP contribution >= 0.6 is 23.2 Å². The molecule has 0 aliphatic rings. The van der Waals surface area contributed by atoms with Crippen molar-refractivity contribution in [2.75, 3.05) is 36.9 Å². The molecule has 3 nitrogen and oxygen atoms in total. The number of benzene rings is 1. The van der Waals surface area contributed by atoms with Crippen molar-refractivity contribution in [2.24, 2.45) is 0 Å². The smallest absolute Gasteiger partial charge is 0.338 e. The fraction of sp³-hybridized carbons (Fsp3) is 0.462. The second kappa shape index (κ2) is 7.49. The average molecular weight is 290 g/mol. The minimum absolute atomic E-state index is 0.319. The summed E-state index contributed by atoms with van der Waals surface area (Å²) in [7, 11) is 1.38. The molecule has 1 rings (SSSR count). The molecule has 1 aromatic carbocycles. The molecule has 0 unspecified atom stereocenters. The van der Waals surface area contributed by atoms with E-state index in [1.165, 1.54) is 7.11 Å². The van der Waals surface area contributed by atoms with E-state index in [4.69, 9.17) is 27.9 Å². The molecule has 0 spiro atoms. The topological polar surface area (TPSA) is 29.5 Å². The van der Waals surface area contributed by atoms with Crippen LogP contribution < -0.4 is 4.90 Å². The van der Waals surface area contributed by atoms with Gasteiger partial charge in [-0.05, 0) is 30.7 Å². The molecule has 0 N–H and O–H groups in total. The first-order valence-electron chi connectivity index (χ1n) is 5.70. The van der Waals surface area contributed by atoms with Gasteiger partial charge in [-0.25, -0.2) is 4.79 Å². The monoisotopic (exact) mass is 289 g/mol. The van der Waals surface area contributed by atoms with Gasteiger partial charge >= 0.3 is 5.97 Å². The van der Waals surface area contributed by atoms with Crippen LogP contribution in [0.25, 0.3) is 0 Å². The molecule has 0 aliphatic heterocycles. The Bertz CT molecular complexity index is 404. The van der Waals surface area contributed by atoms with Crippen LogP contribution in [0, 0.1) is 6.92 Å². The van der Waals surface area contributed by atoms with Crippen molar-refractivity contribution in [2.45, 2.75) is 6.92 Å². The highest BCUT2D eigenvalue weighted by molar-refractivity contribution is 6.18. The van der Waals surface area contributed by atoms with Gasteiger partial charge in [-0.3, -0.25) is 0 Å². The number of nitrogens with zero attached hydrogens (tertiary/aromatic N) is 1. The maximum Gasteiger partial charge on any atom is 0.338 e. The van der Waals surface area contributed by atoms with Crippen molar-refractivity contribution in [3.63, 3.8) is 0 Å². The van der Waals surface area contributed by atoms with Gasteiger partial charge in [0.25, 0.3) is 0 Å². The number of rotatable bonds is 6. The molecule has 1 aromatic rings. The average Bonchev–Trinajstić information content (AvgIpc) is 2.37. The van der Waals surface area contributed by atoms with Crippen LogP contribution in [-0.4, -0.2) is 37.9 Å². The number of ether oxygens (including phenoxy) is 1. The van der Waals surface area contributed by atoms with Gasteiger partial charge < -0.3 is 9.64 Å². The molecule has 0 aromatic heterocycles.